The van der Waals surface area contributed by atoms with E-state index in [0.29, 0.717) is 27.2 Å². The average molecular weight is 452 g/mol. The van der Waals surface area contributed by atoms with Crippen molar-refractivity contribution in [3.63, 3.8) is 0 Å². The van der Waals surface area contributed by atoms with Gasteiger partial charge >= 0.3 is 12.1 Å². The summed E-state index contributed by atoms with van der Waals surface area (Å²) in [6, 6.07) is 23.3. The summed E-state index contributed by atoms with van der Waals surface area (Å²) in [5.41, 5.74) is 1.87. The number of halogens is 3. The van der Waals surface area contributed by atoms with Crippen molar-refractivity contribution >= 4 is 11.9 Å². The number of esters is 1. The van der Waals surface area contributed by atoms with Gasteiger partial charge in [0.25, 0.3) is 5.91 Å². The molecule has 8 heteroatoms. The molecule has 5 nitrogen and oxygen atoms in total. The van der Waals surface area contributed by atoms with Gasteiger partial charge in [-0.2, -0.15) is 18.4 Å². The maximum Gasteiger partial charge on any atom is 0.406 e. The summed E-state index contributed by atoms with van der Waals surface area (Å²) in [7, 11) is 0. The highest BCUT2D eigenvalue weighted by Crippen LogP contribution is 2.27. The van der Waals surface area contributed by atoms with Gasteiger partial charge in [0, 0.05) is 12.1 Å². The maximum absolute atomic E-state index is 13.0. The minimum Gasteiger partial charge on any atom is -0.452 e. The predicted molar refractivity (Wildman–Crippen MR) is 115 cm³/mol. The molecule has 1 amide bonds. The number of amides is 1. The van der Waals surface area contributed by atoms with Crippen molar-refractivity contribution in [1.82, 2.24) is 4.90 Å². The first-order chi connectivity index (χ1) is 15.8. The highest BCUT2D eigenvalue weighted by molar-refractivity contribution is 5.98. The number of benzene rings is 3. The Balaban J connectivity index is 1.77. The first-order valence-electron chi connectivity index (χ1n) is 9.92. The van der Waals surface area contributed by atoms with Crippen LogP contribution in [0.3, 0.4) is 0 Å². The number of alkyl halides is 3. The molecular weight excluding hydrogens is 433 g/mol. The quantitative estimate of drug-likeness (QED) is 0.475. The molecule has 0 aliphatic carbocycles. The monoisotopic (exact) mass is 452 g/mol. The van der Waals surface area contributed by atoms with Crippen LogP contribution in [0, 0.1) is 11.3 Å². The molecular formula is C25H19F3N2O3. The zero-order valence-corrected chi connectivity index (χ0v) is 17.4. The zero-order chi connectivity index (χ0) is 23.8. The number of carbonyl (C=O) groups excluding carboxylic acids is 2. The molecule has 0 fully saturated rings. The van der Waals surface area contributed by atoms with E-state index in [1.807, 2.05) is 0 Å². The number of nitrogens with zero attached hydrogens (tertiary/aromatic N) is 2. The van der Waals surface area contributed by atoms with Crippen LogP contribution in [-0.2, 0) is 16.1 Å². The molecule has 0 heterocycles. The predicted octanol–water partition coefficient (Wildman–Crippen LogP) is 4.97. The van der Waals surface area contributed by atoms with E-state index in [1.165, 1.54) is 6.07 Å². The van der Waals surface area contributed by atoms with Gasteiger partial charge in [-0.05, 0) is 23.3 Å². The Morgan fingerprint density at radius 1 is 0.879 bits per heavy atom. The van der Waals surface area contributed by atoms with Crippen LogP contribution in [0.4, 0.5) is 13.2 Å². The molecule has 0 spiro atoms. The van der Waals surface area contributed by atoms with Crippen molar-refractivity contribution in [3.05, 3.63) is 95.6 Å². The molecule has 0 aliphatic heterocycles. The number of hydrogen-bond donors (Lipinski definition) is 0. The lowest BCUT2D eigenvalue weighted by Crippen LogP contribution is -2.40. The molecule has 168 valence electrons. The summed E-state index contributed by atoms with van der Waals surface area (Å²) < 4.78 is 44.1. The van der Waals surface area contributed by atoms with Gasteiger partial charge < -0.3 is 9.64 Å². The van der Waals surface area contributed by atoms with E-state index < -0.39 is 31.2 Å². The summed E-state index contributed by atoms with van der Waals surface area (Å²) in [4.78, 5) is 25.8. The van der Waals surface area contributed by atoms with Crippen LogP contribution in [0.25, 0.3) is 11.1 Å². The van der Waals surface area contributed by atoms with E-state index >= 15 is 0 Å². The maximum atomic E-state index is 13.0. The molecule has 0 aliphatic rings. The number of nitriles is 1. The Labute approximate surface area is 188 Å². The number of rotatable bonds is 7. The van der Waals surface area contributed by atoms with Crippen molar-refractivity contribution in [2.75, 3.05) is 13.2 Å². The third kappa shape index (κ3) is 6.43. The molecule has 0 unspecified atom stereocenters. The molecule has 0 aromatic heterocycles. The fourth-order valence-electron chi connectivity index (χ4n) is 3.26. The fourth-order valence-corrected chi connectivity index (χ4v) is 3.26. The van der Waals surface area contributed by atoms with Gasteiger partial charge in [-0.3, -0.25) is 4.79 Å². The molecule has 33 heavy (non-hydrogen) atoms. The number of hydrogen-bond acceptors (Lipinski definition) is 4. The van der Waals surface area contributed by atoms with Crippen LogP contribution < -0.4 is 0 Å². The third-order valence-electron chi connectivity index (χ3n) is 4.75. The van der Waals surface area contributed by atoms with Crippen molar-refractivity contribution < 1.29 is 27.5 Å². The fraction of sp³-hybridized carbons (Fsp3) is 0.160. The van der Waals surface area contributed by atoms with Crippen LogP contribution in [0.15, 0.2) is 78.9 Å². The molecule has 0 bridgehead atoms. The average Bonchev–Trinajstić information content (AvgIpc) is 2.81. The lowest BCUT2D eigenvalue weighted by Gasteiger charge is -2.24. The first kappa shape index (κ1) is 23.5. The molecule has 0 N–H and O–H groups in total. The van der Waals surface area contributed by atoms with Gasteiger partial charge in [0.1, 0.15) is 6.54 Å². The van der Waals surface area contributed by atoms with Gasteiger partial charge in [0.2, 0.25) is 0 Å². The lowest BCUT2D eigenvalue weighted by molar-refractivity contribution is -0.164. The first-order valence-corrected chi connectivity index (χ1v) is 9.92. The van der Waals surface area contributed by atoms with Crippen molar-refractivity contribution in [2.24, 2.45) is 0 Å². The zero-order valence-electron chi connectivity index (χ0n) is 17.4. The highest BCUT2D eigenvalue weighted by atomic mass is 19.4. The van der Waals surface area contributed by atoms with Gasteiger partial charge in [0.15, 0.2) is 6.61 Å². The van der Waals surface area contributed by atoms with Crippen LogP contribution in [0.2, 0.25) is 0 Å². The second-order valence-corrected chi connectivity index (χ2v) is 7.13. The van der Waals surface area contributed by atoms with Crippen LogP contribution in [0.1, 0.15) is 21.5 Å². The van der Waals surface area contributed by atoms with Crippen molar-refractivity contribution in [2.45, 2.75) is 12.7 Å². The van der Waals surface area contributed by atoms with Crippen LogP contribution in [0.5, 0.6) is 0 Å². The van der Waals surface area contributed by atoms with Crippen LogP contribution in [-0.4, -0.2) is 36.1 Å². The summed E-state index contributed by atoms with van der Waals surface area (Å²) in [6.07, 6.45) is -4.61. The Morgan fingerprint density at radius 2 is 1.48 bits per heavy atom. The molecule has 3 aromatic carbocycles. The minimum absolute atomic E-state index is 0.0958. The second kappa shape index (κ2) is 10.5. The van der Waals surface area contributed by atoms with E-state index in [2.05, 4.69) is 6.07 Å². The lowest BCUT2D eigenvalue weighted by atomic mass is 9.96. The Bertz CT molecular complexity index is 1170. The highest BCUT2D eigenvalue weighted by Gasteiger charge is 2.33. The van der Waals surface area contributed by atoms with E-state index in [-0.39, 0.29) is 12.1 Å². The topological polar surface area (TPSA) is 70.4 Å². The molecule has 3 rings (SSSR count). The van der Waals surface area contributed by atoms with Gasteiger partial charge in [-0.1, -0.05) is 66.7 Å². The van der Waals surface area contributed by atoms with Crippen molar-refractivity contribution in [1.29, 1.82) is 5.26 Å². The summed E-state index contributed by atoms with van der Waals surface area (Å²) >= 11 is 0. The van der Waals surface area contributed by atoms with E-state index in [9.17, 15) is 28.0 Å². The van der Waals surface area contributed by atoms with Crippen molar-refractivity contribution in [3.8, 4) is 17.2 Å². The Morgan fingerprint density at radius 3 is 2.15 bits per heavy atom. The van der Waals surface area contributed by atoms with Gasteiger partial charge in [-0.15, -0.1) is 0 Å². The molecule has 0 saturated heterocycles. The standard InChI is InChI=1S/C25H19F3N2O3/c26-25(27,28)17-30(15-18-8-2-1-3-9-18)23(31)16-33-24(32)22-13-7-6-12-21(22)20-11-5-4-10-19(20)14-29/h1-13H,15-17H2. The molecule has 0 atom stereocenters. The van der Waals surface area contributed by atoms with E-state index in [4.69, 9.17) is 4.74 Å². The number of ether oxygens (including phenoxy) is 1. The second-order valence-electron chi connectivity index (χ2n) is 7.13. The normalized spacial score (nSPS) is 10.8. The van der Waals surface area contributed by atoms with Gasteiger partial charge in [-0.25, -0.2) is 4.79 Å². The van der Waals surface area contributed by atoms with Gasteiger partial charge in [0.05, 0.1) is 17.2 Å². The minimum atomic E-state index is -4.61. The largest absolute Gasteiger partial charge is 0.452 e. The molecule has 3 aromatic rings. The SMILES string of the molecule is N#Cc1ccccc1-c1ccccc1C(=O)OCC(=O)N(Cc1ccccc1)CC(F)(F)F. The molecule has 0 saturated carbocycles. The summed E-state index contributed by atoms with van der Waals surface area (Å²) in [6.45, 7) is -2.59. The third-order valence-corrected chi connectivity index (χ3v) is 4.75. The summed E-state index contributed by atoms with van der Waals surface area (Å²) in [5, 5.41) is 9.35. The summed E-state index contributed by atoms with van der Waals surface area (Å²) in [5.74, 6) is -1.85. The van der Waals surface area contributed by atoms with Crippen LogP contribution >= 0.6 is 0 Å². The smallest absolute Gasteiger partial charge is 0.406 e. The van der Waals surface area contributed by atoms with E-state index in [1.54, 1.807) is 72.8 Å². The number of carbonyl (C=O) groups is 2. The molecule has 0 radical (unpaired) electrons. The Kier molecular flexibility index (Phi) is 7.46. The van der Waals surface area contributed by atoms with E-state index in [0.717, 1.165) is 0 Å². The Hall–Kier alpha value is -4.12.